The van der Waals surface area contributed by atoms with E-state index in [0.717, 1.165) is 12.1 Å². The van der Waals surface area contributed by atoms with Crippen LogP contribution in [0.2, 0.25) is 6.55 Å². The van der Waals surface area contributed by atoms with E-state index in [-0.39, 0.29) is 6.10 Å². The van der Waals surface area contributed by atoms with Gasteiger partial charge >= 0.3 is 0 Å². The summed E-state index contributed by atoms with van der Waals surface area (Å²) in [4.78, 5) is 0. The molecule has 0 aromatic heterocycles. The van der Waals surface area contributed by atoms with Crippen LogP contribution in [0.1, 0.15) is 17.2 Å². The van der Waals surface area contributed by atoms with Gasteiger partial charge in [0.1, 0.15) is 0 Å². The summed E-state index contributed by atoms with van der Waals surface area (Å²) in [5.41, 5.74) is 9.10. The Balaban J connectivity index is 2.16. The molecule has 0 saturated heterocycles. The molecule has 18 heavy (non-hydrogen) atoms. The third kappa shape index (κ3) is 3.45. The summed E-state index contributed by atoms with van der Waals surface area (Å²) in [6.45, 7) is 2.16. The Kier molecular flexibility index (Phi) is 4.56. The number of benzene rings is 2. The zero-order valence-electron chi connectivity index (χ0n) is 10.7. The van der Waals surface area contributed by atoms with Gasteiger partial charge in [-0.15, -0.1) is 0 Å². The van der Waals surface area contributed by atoms with E-state index in [2.05, 4.69) is 36.9 Å². The van der Waals surface area contributed by atoms with Crippen molar-refractivity contribution in [3.8, 4) is 0 Å². The van der Waals surface area contributed by atoms with Crippen LogP contribution in [0.15, 0.2) is 54.6 Å². The topological polar surface area (TPSA) is 35.2 Å². The summed E-state index contributed by atoms with van der Waals surface area (Å²) in [6, 6.07) is 18.4. The van der Waals surface area contributed by atoms with Gasteiger partial charge in [-0.1, -0.05) is 49.0 Å². The minimum atomic E-state index is -0.434. The summed E-state index contributed by atoms with van der Waals surface area (Å²) in [6.07, 6.45) is 1.04. The third-order valence-electron chi connectivity index (χ3n) is 2.91. The van der Waals surface area contributed by atoms with Gasteiger partial charge in [-0.3, -0.25) is 0 Å². The molecule has 2 aromatic carbocycles. The molecule has 2 rings (SSSR count). The van der Waals surface area contributed by atoms with E-state index in [1.807, 2.05) is 24.3 Å². The van der Waals surface area contributed by atoms with Gasteiger partial charge in [0.15, 0.2) is 9.76 Å². The normalized spacial score (nSPS) is 12.9. The van der Waals surface area contributed by atoms with Gasteiger partial charge in [0.2, 0.25) is 0 Å². The fourth-order valence-electron chi connectivity index (χ4n) is 2.08. The standard InChI is InChI=1S/C15H19NOSi/c1-18-17-15(13-7-3-2-4-8-13)11-12-6-5-9-14(16)10-12/h2-10,15H,11,16,18H2,1H3. The van der Waals surface area contributed by atoms with Gasteiger partial charge in [-0.05, 0) is 23.3 Å². The minimum Gasteiger partial charge on any atom is -0.417 e. The van der Waals surface area contributed by atoms with Gasteiger partial charge in [0.05, 0.1) is 6.10 Å². The summed E-state index contributed by atoms with van der Waals surface area (Å²) in [5.74, 6) is 0. The maximum Gasteiger partial charge on any atom is 0.159 e. The maximum absolute atomic E-state index is 5.97. The fraction of sp³-hybridized carbons (Fsp3) is 0.200. The molecule has 0 fully saturated rings. The van der Waals surface area contributed by atoms with E-state index >= 15 is 0 Å². The number of nitrogen functional groups attached to an aromatic ring is 1. The quantitative estimate of drug-likeness (QED) is 0.660. The Hall–Kier alpha value is -1.58. The van der Waals surface area contributed by atoms with Crippen LogP contribution in [0.4, 0.5) is 5.69 Å². The molecule has 1 atom stereocenters. The van der Waals surface area contributed by atoms with E-state index in [1.54, 1.807) is 0 Å². The average molecular weight is 257 g/mol. The average Bonchev–Trinajstić information content (AvgIpc) is 2.39. The van der Waals surface area contributed by atoms with E-state index < -0.39 is 9.76 Å². The molecule has 1 unspecified atom stereocenters. The lowest BCUT2D eigenvalue weighted by molar-refractivity contribution is 0.219. The first-order chi connectivity index (χ1) is 8.79. The predicted molar refractivity (Wildman–Crippen MR) is 79.2 cm³/mol. The van der Waals surface area contributed by atoms with Crippen LogP contribution >= 0.6 is 0 Å². The first kappa shape index (κ1) is 12.9. The van der Waals surface area contributed by atoms with Crippen molar-refractivity contribution in [2.24, 2.45) is 0 Å². The zero-order valence-corrected chi connectivity index (χ0v) is 12.1. The van der Waals surface area contributed by atoms with Crippen molar-refractivity contribution >= 4 is 15.5 Å². The van der Waals surface area contributed by atoms with Crippen molar-refractivity contribution in [1.82, 2.24) is 0 Å². The highest BCUT2D eigenvalue weighted by Crippen LogP contribution is 2.22. The highest BCUT2D eigenvalue weighted by Gasteiger charge is 2.11. The molecule has 2 N–H and O–H groups in total. The molecule has 0 heterocycles. The van der Waals surface area contributed by atoms with Crippen molar-refractivity contribution < 1.29 is 4.43 Å². The molecule has 3 heteroatoms. The lowest BCUT2D eigenvalue weighted by atomic mass is 10.0. The van der Waals surface area contributed by atoms with Gasteiger partial charge < -0.3 is 10.2 Å². The predicted octanol–water partition coefficient (Wildman–Crippen LogP) is 2.70. The molecule has 2 nitrogen and oxygen atoms in total. The Labute approximate surface area is 111 Å². The highest BCUT2D eigenvalue weighted by molar-refractivity contribution is 6.24. The Morgan fingerprint density at radius 1 is 1.11 bits per heavy atom. The second kappa shape index (κ2) is 6.38. The molecular weight excluding hydrogens is 238 g/mol. The number of hydrogen-bond donors (Lipinski definition) is 1. The SMILES string of the molecule is C[SiH2]OC(Cc1cccc(N)c1)c1ccccc1. The van der Waals surface area contributed by atoms with Gasteiger partial charge in [-0.2, -0.15) is 0 Å². The van der Waals surface area contributed by atoms with Crippen molar-refractivity contribution in [2.75, 3.05) is 5.73 Å². The second-order valence-electron chi connectivity index (χ2n) is 4.30. The molecule has 0 aliphatic carbocycles. The summed E-state index contributed by atoms with van der Waals surface area (Å²) in [7, 11) is -0.434. The smallest absolute Gasteiger partial charge is 0.159 e. The number of anilines is 1. The molecule has 0 aliphatic heterocycles. The van der Waals surface area contributed by atoms with E-state index in [1.165, 1.54) is 11.1 Å². The highest BCUT2D eigenvalue weighted by atomic mass is 28.2. The van der Waals surface area contributed by atoms with Crippen LogP contribution in [0, 0.1) is 0 Å². The summed E-state index contributed by atoms with van der Waals surface area (Å²) >= 11 is 0. The Morgan fingerprint density at radius 2 is 1.89 bits per heavy atom. The second-order valence-corrected chi connectivity index (χ2v) is 5.21. The zero-order chi connectivity index (χ0) is 12.8. The van der Waals surface area contributed by atoms with Crippen LogP contribution in [0.5, 0.6) is 0 Å². The molecule has 0 radical (unpaired) electrons. The molecule has 94 valence electrons. The van der Waals surface area contributed by atoms with E-state index in [9.17, 15) is 0 Å². The largest absolute Gasteiger partial charge is 0.417 e. The van der Waals surface area contributed by atoms with Crippen molar-refractivity contribution in [3.63, 3.8) is 0 Å². The molecule has 0 saturated carbocycles. The van der Waals surface area contributed by atoms with Crippen LogP contribution in [0.25, 0.3) is 0 Å². The number of nitrogens with two attached hydrogens (primary N) is 1. The van der Waals surface area contributed by atoms with Crippen LogP contribution in [0.3, 0.4) is 0 Å². The molecule has 0 aliphatic rings. The fourth-order valence-corrected chi connectivity index (χ4v) is 2.79. The van der Waals surface area contributed by atoms with Crippen molar-refractivity contribution in [1.29, 1.82) is 0 Å². The molecule has 2 aromatic rings. The first-order valence-electron chi connectivity index (χ1n) is 6.30. The summed E-state index contributed by atoms with van der Waals surface area (Å²) < 4.78 is 5.97. The van der Waals surface area contributed by atoms with Gasteiger partial charge in [0, 0.05) is 12.1 Å². The van der Waals surface area contributed by atoms with E-state index in [4.69, 9.17) is 10.2 Å². The van der Waals surface area contributed by atoms with Gasteiger partial charge in [-0.25, -0.2) is 0 Å². The number of rotatable bonds is 5. The van der Waals surface area contributed by atoms with Crippen molar-refractivity contribution in [2.45, 2.75) is 19.1 Å². The van der Waals surface area contributed by atoms with Gasteiger partial charge in [0.25, 0.3) is 0 Å². The monoisotopic (exact) mass is 257 g/mol. The third-order valence-corrected chi connectivity index (χ3v) is 3.65. The maximum atomic E-state index is 5.97. The lowest BCUT2D eigenvalue weighted by Crippen LogP contribution is -2.09. The van der Waals surface area contributed by atoms with Crippen molar-refractivity contribution in [3.05, 3.63) is 65.7 Å². The summed E-state index contributed by atoms with van der Waals surface area (Å²) in [5, 5.41) is 0. The number of hydrogen-bond acceptors (Lipinski definition) is 2. The Bertz CT molecular complexity index is 487. The van der Waals surface area contributed by atoms with Crippen LogP contribution < -0.4 is 5.73 Å². The van der Waals surface area contributed by atoms with E-state index in [0.29, 0.717) is 0 Å². The molecule has 0 spiro atoms. The lowest BCUT2D eigenvalue weighted by Gasteiger charge is -2.18. The Morgan fingerprint density at radius 3 is 2.56 bits per heavy atom. The van der Waals surface area contributed by atoms with Crippen LogP contribution in [-0.2, 0) is 10.8 Å². The first-order valence-corrected chi connectivity index (χ1v) is 8.29. The minimum absolute atomic E-state index is 0.157. The molecule has 0 bridgehead atoms. The molecular formula is C15H19NOSi. The van der Waals surface area contributed by atoms with Crippen LogP contribution in [-0.4, -0.2) is 9.76 Å². The molecule has 0 amide bonds.